The van der Waals surface area contributed by atoms with Gasteiger partial charge in [-0.05, 0) is 36.2 Å². The SMILES string of the molecule is COC(=O)c1cccc(NC(=O)c2cccc(C(=O)NCC(C)C)n2)c1. The van der Waals surface area contributed by atoms with Crippen LogP contribution in [0.15, 0.2) is 42.5 Å². The lowest BCUT2D eigenvalue weighted by atomic mass is 10.2. The number of hydrogen-bond donors (Lipinski definition) is 2. The monoisotopic (exact) mass is 355 g/mol. The van der Waals surface area contributed by atoms with Crippen LogP contribution in [-0.4, -0.2) is 36.4 Å². The molecule has 0 aliphatic carbocycles. The fraction of sp³-hybridized carbons (Fsp3) is 0.263. The molecule has 0 aliphatic rings. The van der Waals surface area contributed by atoms with Gasteiger partial charge in [-0.2, -0.15) is 0 Å². The van der Waals surface area contributed by atoms with Crippen molar-refractivity contribution in [2.24, 2.45) is 5.92 Å². The van der Waals surface area contributed by atoms with E-state index in [4.69, 9.17) is 0 Å². The van der Waals surface area contributed by atoms with Crippen LogP contribution in [-0.2, 0) is 4.74 Å². The normalized spacial score (nSPS) is 10.3. The first-order valence-corrected chi connectivity index (χ1v) is 8.15. The van der Waals surface area contributed by atoms with Gasteiger partial charge in [-0.1, -0.05) is 26.0 Å². The first-order valence-electron chi connectivity index (χ1n) is 8.15. The third-order valence-electron chi connectivity index (χ3n) is 3.43. The standard InChI is InChI=1S/C19H21N3O4/c1-12(2)11-20-17(23)15-8-5-9-16(22-15)18(24)21-14-7-4-6-13(10-14)19(25)26-3/h4-10,12H,11H2,1-3H3,(H,20,23)(H,21,24). The Morgan fingerprint density at radius 1 is 1.04 bits per heavy atom. The Balaban J connectivity index is 2.12. The lowest BCUT2D eigenvalue weighted by Gasteiger charge is -2.09. The molecule has 0 aliphatic heterocycles. The first kappa shape index (κ1) is 19.1. The van der Waals surface area contributed by atoms with Gasteiger partial charge in [0.1, 0.15) is 11.4 Å². The van der Waals surface area contributed by atoms with Crippen LogP contribution in [0.25, 0.3) is 0 Å². The van der Waals surface area contributed by atoms with Crippen molar-refractivity contribution in [1.82, 2.24) is 10.3 Å². The number of ether oxygens (including phenoxy) is 1. The summed E-state index contributed by atoms with van der Waals surface area (Å²) in [5, 5.41) is 5.41. The molecule has 1 aromatic heterocycles. The summed E-state index contributed by atoms with van der Waals surface area (Å²) in [5.41, 5.74) is 1.02. The number of carbonyl (C=O) groups is 3. The van der Waals surface area contributed by atoms with Crippen molar-refractivity contribution >= 4 is 23.5 Å². The Bertz CT molecular complexity index is 818. The number of methoxy groups -OCH3 is 1. The molecule has 2 rings (SSSR count). The Hall–Kier alpha value is -3.22. The molecule has 136 valence electrons. The van der Waals surface area contributed by atoms with E-state index in [-0.39, 0.29) is 17.3 Å². The van der Waals surface area contributed by atoms with Gasteiger partial charge in [0, 0.05) is 12.2 Å². The molecule has 0 unspecified atom stereocenters. The highest BCUT2D eigenvalue weighted by Gasteiger charge is 2.13. The number of pyridine rings is 1. The highest BCUT2D eigenvalue weighted by Crippen LogP contribution is 2.13. The quantitative estimate of drug-likeness (QED) is 0.776. The zero-order chi connectivity index (χ0) is 19.1. The van der Waals surface area contributed by atoms with Crippen molar-refractivity contribution in [3.63, 3.8) is 0 Å². The molecule has 2 N–H and O–H groups in total. The molecule has 2 aromatic rings. The zero-order valence-corrected chi connectivity index (χ0v) is 14.9. The number of benzene rings is 1. The number of esters is 1. The van der Waals surface area contributed by atoms with E-state index in [9.17, 15) is 14.4 Å². The smallest absolute Gasteiger partial charge is 0.337 e. The highest BCUT2D eigenvalue weighted by atomic mass is 16.5. The Morgan fingerprint density at radius 2 is 1.69 bits per heavy atom. The van der Waals surface area contributed by atoms with Crippen molar-refractivity contribution in [3.8, 4) is 0 Å². The van der Waals surface area contributed by atoms with Crippen LogP contribution in [0, 0.1) is 5.92 Å². The second-order valence-corrected chi connectivity index (χ2v) is 6.04. The largest absolute Gasteiger partial charge is 0.465 e. The number of aromatic nitrogens is 1. The van der Waals surface area contributed by atoms with Crippen molar-refractivity contribution in [3.05, 3.63) is 59.4 Å². The van der Waals surface area contributed by atoms with E-state index in [1.165, 1.54) is 19.2 Å². The van der Waals surface area contributed by atoms with Crippen LogP contribution in [0.3, 0.4) is 0 Å². The number of hydrogen-bond acceptors (Lipinski definition) is 5. The molecule has 0 radical (unpaired) electrons. The number of nitrogens with one attached hydrogen (secondary N) is 2. The Morgan fingerprint density at radius 3 is 2.35 bits per heavy atom. The van der Waals surface area contributed by atoms with Gasteiger partial charge in [0.15, 0.2) is 0 Å². The van der Waals surface area contributed by atoms with Crippen molar-refractivity contribution < 1.29 is 19.1 Å². The van der Waals surface area contributed by atoms with E-state index < -0.39 is 11.9 Å². The fourth-order valence-electron chi connectivity index (χ4n) is 2.11. The van der Waals surface area contributed by atoms with Crippen LogP contribution in [0.5, 0.6) is 0 Å². The molecule has 0 saturated carbocycles. The predicted octanol–water partition coefficient (Wildman–Crippen LogP) is 2.51. The van der Waals surface area contributed by atoms with Crippen LogP contribution in [0.2, 0.25) is 0 Å². The van der Waals surface area contributed by atoms with E-state index in [0.29, 0.717) is 23.7 Å². The summed E-state index contributed by atoms with van der Waals surface area (Å²) >= 11 is 0. The average molecular weight is 355 g/mol. The molecule has 2 amide bonds. The van der Waals surface area contributed by atoms with Gasteiger partial charge >= 0.3 is 5.97 Å². The van der Waals surface area contributed by atoms with E-state index in [1.807, 2.05) is 13.8 Å². The minimum Gasteiger partial charge on any atom is -0.465 e. The molecule has 1 aromatic carbocycles. The van der Waals surface area contributed by atoms with Crippen LogP contribution in [0.4, 0.5) is 5.69 Å². The number of anilines is 1. The van der Waals surface area contributed by atoms with Crippen molar-refractivity contribution in [1.29, 1.82) is 0 Å². The topological polar surface area (TPSA) is 97.4 Å². The fourth-order valence-corrected chi connectivity index (χ4v) is 2.11. The third kappa shape index (κ3) is 5.14. The summed E-state index contributed by atoms with van der Waals surface area (Å²) in [7, 11) is 1.29. The molecule has 0 spiro atoms. The average Bonchev–Trinajstić information content (AvgIpc) is 2.65. The third-order valence-corrected chi connectivity index (χ3v) is 3.43. The summed E-state index contributed by atoms with van der Waals surface area (Å²) in [6.07, 6.45) is 0. The zero-order valence-electron chi connectivity index (χ0n) is 14.9. The second kappa shape index (κ2) is 8.75. The molecule has 7 nitrogen and oxygen atoms in total. The highest BCUT2D eigenvalue weighted by molar-refractivity contribution is 6.04. The number of amides is 2. The minimum absolute atomic E-state index is 0.102. The molecule has 7 heteroatoms. The van der Waals surface area contributed by atoms with E-state index in [0.717, 1.165) is 0 Å². The van der Waals surface area contributed by atoms with Gasteiger partial charge in [-0.3, -0.25) is 9.59 Å². The maximum Gasteiger partial charge on any atom is 0.337 e. The van der Waals surface area contributed by atoms with Gasteiger partial charge in [-0.25, -0.2) is 9.78 Å². The number of rotatable bonds is 6. The van der Waals surface area contributed by atoms with Gasteiger partial charge in [0.05, 0.1) is 12.7 Å². The molecule has 0 fully saturated rings. The maximum absolute atomic E-state index is 12.4. The summed E-state index contributed by atoms with van der Waals surface area (Å²) < 4.78 is 4.65. The van der Waals surface area contributed by atoms with Crippen LogP contribution >= 0.6 is 0 Å². The van der Waals surface area contributed by atoms with Gasteiger partial charge in [0.25, 0.3) is 11.8 Å². The Labute approximate surface area is 151 Å². The maximum atomic E-state index is 12.4. The van der Waals surface area contributed by atoms with Crippen LogP contribution in [0.1, 0.15) is 45.2 Å². The first-order chi connectivity index (χ1) is 12.4. The summed E-state index contributed by atoms with van der Waals surface area (Å²) in [5.74, 6) is -0.998. The van der Waals surface area contributed by atoms with Gasteiger partial charge in [0.2, 0.25) is 0 Å². The lowest BCUT2D eigenvalue weighted by molar-refractivity contribution is 0.0600. The van der Waals surface area contributed by atoms with Crippen molar-refractivity contribution in [2.75, 3.05) is 19.0 Å². The minimum atomic E-state index is -0.497. The molecular weight excluding hydrogens is 334 g/mol. The van der Waals surface area contributed by atoms with Gasteiger partial charge in [-0.15, -0.1) is 0 Å². The van der Waals surface area contributed by atoms with E-state index in [2.05, 4.69) is 20.4 Å². The lowest BCUT2D eigenvalue weighted by Crippen LogP contribution is -2.28. The Kier molecular flexibility index (Phi) is 6.43. The molecule has 0 atom stereocenters. The summed E-state index contributed by atoms with van der Waals surface area (Å²) in [6, 6.07) is 11.0. The molecule has 1 heterocycles. The molecular formula is C19H21N3O4. The summed E-state index contributed by atoms with van der Waals surface area (Å²) in [4.78, 5) is 40.1. The molecule has 0 saturated heterocycles. The second-order valence-electron chi connectivity index (χ2n) is 6.04. The molecule has 26 heavy (non-hydrogen) atoms. The van der Waals surface area contributed by atoms with E-state index in [1.54, 1.807) is 30.3 Å². The predicted molar refractivity (Wildman–Crippen MR) is 97.1 cm³/mol. The van der Waals surface area contributed by atoms with Crippen LogP contribution < -0.4 is 10.6 Å². The van der Waals surface area contributed by atoms with Crippen molar-refractivity contribution in [2.45, 2.75) is 13.8 Å². The number of nitrogens with zero attached hydrogens (tertiary/aromatic N) is 1. The summed E-state index contributed by atoms with van der Waals surface area (Å²) in [6.45, 7) is 4.50. The molecule has 0 bridgehead atoms. The van der Waals surface area contributed by atoms with Gasteiger partial charge < -0.3 is 15.4 Å². The van der Waals surface area contributed by atoms with E-state index >= 15 is 0 Å². The number of carbonyl (C=O) groups excluding carboxylic acids is 3.